The van der Waals surface area contributed by atoms with Crippen molar-refractivity contribution in [2.75, 3.05) is 20.1 Å². The van der Waals surface area contributed by atoms with Gasteiger partial charge in [-0.2, -0.15) is 0 Å². The maximum atomic E-state index is 12.3. The van der Waals surface area contributed by atoms with Crippen LogP contribution >= 0.6 is 0 Å². The number of nitrogens with one attached hydrogen (secondary N) is 2. The Bertz CT molecular complexity index is 342. The van der Waals surface area contributed by atoms with Gasteiger partial charge in [-0.1, -0.05) is 6.42 Å². The molecular formula is C15H27N3O. The summed E-state index contributed by atoms with van der Waals surface area (Å²) in [5.41, 5.74) is 0. The zero-order valence-corrected chi connectivity index (χ0v) is 12.2. The molecule has 108 valence electrons. The minimum Gasteiger partial charge on any atom is -0.353 e. The van der Waals surface area contributed by atoms with Gasteiger partial charge in [0.1, 0.15) is 0 Å². The Balaban J connectivity index is 1.45. The number of hydrogen-bond acceptors (Lipinski definition) is 3. The molecule has 0 bridgehead atoms. The normalized spacial score (nSPS) is 35.4. The van der Waals surface area contributed by atoms with Crippen LogP contribution in [-0.4, -0.2) is 49.1 Å². The predicted molar refractivity (Wildman–Crippen MR) is 75.9 cm³/mol. The van der Waals surface area contributed by atoms with Gasteiger partial charge < -0.3 is 10.6 Å². The van der Waals surface area contributed by atoms with E-state index in [1.54, 1.807) is 0 Å². The summed E-state index contributed by atoms with van der Waals surface area (Å²) >= 11 is 0. The molecule has 4 atom stereocenters. The summed E-state index contributed by atoms with van der Waals surface area (Å²) in [4.78, 5) is 14.7. The van der Waals surface area contributed by atoms with Crippen LogP contribution in [0.2, 0.25) is 0 Å². The summed E-state index contributed by atoms with van der Waals surface area (Å²) < 4.78 is 0. The first-order chi connectivity index (χ1) is 9.16. The van der Waals surface area contributed by atoms with Crippen molar-refractivity contribution in [1.29, 1.82) is 0 Å². The summed E-state index contributed by atoms with van der Waals surface area (Å²) in [6.45, 7) is 4.03. The first-order valence-corrected chi connectivity index (χ1v) is 7.90. The van der Waals surface area contributed by atoms with Gasteiger partial charge in [-0.25, -0.2) is 0 Å². The number of hydrogen-bond donors (Lipinski definition) is 2. The molecular weight excluding hydrogens is 238 g/mol. The number of carbonyl (C=O) groups excluding carboxylic acids is 1. The Morgan fingerprint density at radius 1 is 1.37 bits per heavy atom. The van der Waals surface area contributed by atoms with Crippen molar-refractivity contribution in [3.05, 3.63) is 0 Å². The quantitative estimate of drug-likeness (QED) is 0.778. The molecule has 2 N–H and O–H groups in total. The molecule has 3 rings (SSSR count). The fraction of sp³-hybridized carbons (Fsp3) is 0.933. The molecule has 3 fully saturated rings. The van der Waals surface area contributed by atoms with E-state index in [-0.39, 0.29) is 11.9 Å². The Hall–Kier alpha value is -0.610. The highest BCUT2D eigenvalue weighted by Gasteiger charge is 2.42. The van der Waals surface area contributed by atoms with Crippen molar-refractivity contribution in [2.45, 2.75) is 57.2 Å². The highest BCUT2D eigenvalue weighted by atomic mass is 16.2. The SMILES string of the molecule is CC(CNC(=O)C1NCC2CCCC21)N(C)C1CC1. The minimum absolute atomic E-state index is 0.0749. The molecule has 4 unspecified atom stereocenters. The maximum Gasteiger partial charge on any atom is 0.237 e. The van der Waals surface area contributed by atoms with Gasteiger partial charge in [-0.15, -0.1) is 0 Å². The Labute approximate surface area is 116 Å². The second-order valence-corrected chi connectivity index (χ2v) is 6.73. The Morgan fingerprint density at radius 3 is 2.89 bits per heavy atom. The molecule has 4 heteroatoms. The highest BCUT2D eigenvalue weighted by molar-refractivity contribution is 5.82. The molecule has 0 aromatic carbocycles. The summed E-state index contributed by atoms with van der Waals surface area (Å²) in [5, 5.41) is 6.58. The lowest BCUT2D eigenvalue weighted by atomic mass is 9.93. The average molecular weight is 265 g/mol. The van der Waals surface area contributed by atoms with Crippen molar-refractivity contribution >= 4 is 5.91 Å². The lowest BCUT2D eigenvalue weighted by molar-refractivity contribution is -0.124. The molecule has 2 saturated carbocycles. The first-order valence-electron chi connectivity index (χ1n) is 7.90. The molecule has 0 radical (unpaired) electrons. The van der Waals surface area contributed by atoms with Crippen LogP contribution < -0.4 is 10.6 Å². The van der Waals surface area contributed by atoms with Gasteiger partial charge in [0, 0.05) is 18.6 Å². The van der Waals surface area contributed by atoms with E-state index in [0.29, 0.717) is 12.0 Å². The number of rotatable bonds is 5. The topological polar surface area (TPSA) is 44.4 Å². The second kappa shape index (κ2) is 5.41. The lowest BCUT2D eigenvalue weighted by Gasteiger charge is -2.26. The molecule has 2 aliphatic carbocycles. The summed E-state index contributed by atoms with van der Waals surface area (Å²) in [5.74, 6) is 1.57. The molecule has 19 heavy (non-hydrogen) atoms. The second-order valence-electron chi connectivity index (χ2n) is 6.73. The molecule has 1 heterocycles. The van der Waals surface area contributed by atoms with E-state index >= 15 is 0 Å². The molecule has 0 aromatic rings. The van der Waals surface area contributed by atoms with Gasteiger partial charge in [0.2, 0.25) is 5.91 Å². The van der Waals surface area contributed by atoms with Crippen molar-refractivity contribution in [3.63, 3.8) is 0 Å². The van der Waals surface area contributed by atoms with E-state index in [1.807, 2.05) is 0 Å². The Kier molecular flexibility index (Phi) is 3.81. The molecule has 0 spiro atoms. The standard InChI is InChI=1S/C15H27N3O/c1-10(18(2)12-6-7-12)8-17-15(19)14-13-5-3-4-11(13)9-16-14/h10-14,16H,3-9H2,1-2H3,(H,17,19). The number of nitrogens with zero attached hydrogens (tertiary/aromatic N) is 1. The van der Waals surface area contributed by atoms with E-state index in [9.17, 15) is 4.79 Å². The third-order valence-corrected chi connectivity index (χ3v) is 5.42. The fourth-order valence-electron chi connectivity index (χ4n) is 3.82. The number of fused-ring (bicyclic) bond motifs is 1. The molecule has 3 aliphatic rings. The van der Waals surface area contributed by atoms with Crippen molar-refractivity contribution in [1.82, 2.24) is 15.5 Å². The van der Waals surface area contributed by atoms with E-state index < -0.39 is 0 Å². The van der Waals surface area contributed by atoms with Gasteiger partial charge in [-0.3, -0.25) is 9.69 Å². The Morgan fingerprint density at radius 2 is 2.16 bits per heavy atom. The van der Waals surface area contributed by atoms with Crippen molar-refractivity contribution in [3.8, 4) is 0 Å². The van der Waals surface area contributed by atoms with E-state index in [4.69, 9.17) is 0 Å². The van der Waals surface area contributed by atoms with E-state index in [2.05, 4.69) is 29.5 Å². The number of likely N-dealkylation sites (N-methyl/N-ethyl adjacent to an activating group) is 1. The van der Waals surface area contributed by atoms with Crippen LogP contribution in [0.5, 0.6) is 0 Å². The first kappa shape index (κ1) is 13.4. The summed E-state index contributed by atoms with van der Waals surface area (Å²) in [6, 6.07) is 1.28. The molecule has 1 amide bonds. The van der Waals surface area contributed by atoms with Crippen LogP contribution in [0, 0.1) is 11.8 Å². The molecule has 1 saturated heterocycles. The summed E-state index contributed by atoms with van der Waals surface area (Å²) in [6.07, 6.45) is 6.49. The molecule has 1 aliphatic heterocycles. The van der Waals surface area contributed by atoms with E-state index in [0.717, 1.165) is 25.0 Å². The van der Waals surface area contributed by atoms with Gasteiger partial charge >= 0.3 is 0 Å². The zero-order chi connectivity index (χ0) is 13.4. The smallest absolute Gasteiger partial charge is 0.237 e. The lowest BCUT2D eigenvalue weighted by Crippen LogP contribution is -2.48. The van der Waals surface area contributed by atoms with Crippen LogP contribution in [-0.2, 0) is 4.79 Å². The van der Waals surface area contributed by atoms with Crippen LogP contribution in [0.15, 0.2) is 0 Å². The van der Waals surface area contributed by atoms with Gasteiger partial charge in [0.05, 0.1) is 6.04 Å². The maximum absolute atomic E-state index is 12.3. The molecule has 4 nitrogen and oxygen atoms in total. The van der Waals surface area contributed by atoms with Crippen LogP contribution in [0.25, 0.3) is 0 Å². The third-order valence-electron chi connectivity index (χ3n) is 5.42. The molecule has 0 aromatic heterocycles. The summed E-state index contributed by atoms with van der Waals surface area (Å²) in [7, 11) is 2.18. The van der Waals surface area contributed by atoms with Crippen molar-refractivity contribution in [2.24, 2.45) is 11.8 Å². The van der Waals surface area contributed by atoms with Gasteiger partial charge in [0.25, 0.3) is 0 Å². The largest absolute Gasteiger partial charge is 0.353 e. The number of carbonyl (C=O) groups is 1. The van der Waals surface area contributed by atoms with Gasteiger partial charge in [-0.05, 0) is 58.0 Å². The number of amides is 1. The van der Waals surface area contributed by atoms with Crippen LogP contribution in [0.1, 0.15) is 39.0 Å². The van der Waals surface area contributed by atoms with Crippen LogP contribution in [0.4, 0.5) is 0 Å². The zero-order valence-electron chi connectivity index (χ0n) is 12.2. The third kappa shape index (κ3) is 2.79. The fourth-order valence-corrected chi connectivity index (χ4v) is 3.82. The van der Waals surface area contributed by atoms with Gasteiger partial charge in [0.15, 0.2) is 0 Å². The van der Waals surface area contributed by atoms with Crippen molar-refractivity contribution < 1.29 is 4.79 Å². The predicted octanol–water partition coefficient (Wildman–Crippen LogP) is 0.973. The van der Waals surface area contributed by atoms with E-state index in [1.165, 1.54) is 32.1 Å². The highest BCUT2D eigenvalue weighted by Crippen LogP contribution is 2.37. The average Bonchev–Trinajstić information content (AvgIpc) is 3.01. The minimum atomic E-state index is 0.0749. The van der Waals surface area contributed by atoms with Crippen LogP contribution in [0.3, 0.4) is 0 Å². The monoisotopic (exact) mass is 265 g/mol.